The molecule has 104 valence electrons. The summed E-state index contributed by atoms with van der Waals surface area (Å²) in [5, 5.41) is 18.0. The molecule has 0 bridgehead atoms. The van der Waals surface area contributed by atoms with E-state index in [-0.39, 0.29) is 0 Å². The van der Waals surface area contributed by atoms with Crippen LogP contribution in [0.15, 0.2) is 24.5 Å². The van der Waals surface area contributed by atoms with E-state index in [1.54, 1.807) is 33.2 Å². The van der Waals surface area contributed by atoms with Gasteiger partial charge < -0.3 is 14.8 Å². The standard InChI is InChI=1S/C14H16N4O2/c1-14(2,19)11-6-9(17-18-11)13-12-8(4-5-15-12)10(20-3)7-16-13/h4-7,15,19H,1-3H3,(H,17,18). The molecule has 0 fully saturated rings. The summed E-state index contributed by atoms with van der Waals surface area (Å²) in [5.41, 5.74) is 1.93. The van der Waals surface area contributed by atoms with E-state index in [9.17, 15) is 5.11 Å². The van der Waals surface area contributed by atoms with Crippen LogP contribution in [-0.4, -0.2) is 32.4 Å². The normalized spacial score (nSPS) is 12.0. The van der Waals surface area contributed by atoms with Crippen LogP contribution < -0.4 is 4.74 Å². The molecule has 20 heavy (non-hydrogen) atoms. The number of hydrogen-bond acceptors (Lipinski definition) is 4. The molecule has 0 amide bonds. The lowest BCUT2D eigenvalue weighted by atomic mass is 10.1. The van der Waals surface area contributed by atoms with Gasteiger partial charge in [0.15, 0.2) is 0 Å². The first-order valence-electron chi connectivity index (χ1n) is 6.29. The minimum atomic E-state index is -0.966. The van der Waals surface area contributed by atoms with E-state index in [2.05, 4.69) is 20.2 Å². The maximum Gasteiger partial charge on any atom is 0.146 e. The average Bonchev–Trinajstić information content (AvgIpc) is 3.05. The number of rotatable bonds is 3. The third-order valence-electron chi connectivity index (χ3n) is 3.26. The Morgan fingerprint density at radius 1 is 1.35 bits per heavy atom. The van der Waals surface area contributed by atoms with E-state index in [4.69, 9.17) is 4.74 Å². The molecule has 3 rings (SSSR count). The zero-order valence-corrected chi connectivity index (χ0v) is 11.6. The highest BCUT2D eigenvalue weighted by atomic mass is 16.5. The third-order valence-corrected chi connectivity index (χ3v) is 3.26. The largest absolute Gasteiger partial charge is 0.494 e. The minimum absolute atomic E-state index is 0.643. The summed E-state index contributed by atoms with van der Waals surface area (Å²) in [6, 6.07) is 3.73. The van der Waals surface area contributed by atoms with Gasteiger partial charge in [-0.1, -0.05) is 0 Å². The summed E-state index contributed by atoms with van der Waals surface area (Å²) in [5.74, 6) is 0.711. The molecule has 0 aromatic carbocycles. The molecule has 0 saturated heterocycles. The van der Waals surface area contributed by atoms with Gasteiger partial charge in [-0.25, -0.2) is 4.98 Å². The Kier molecular flexibility index (Phi) is 2.76. The van der Waals surface area contributed by atoms with E-state index in [0.29, 0.717) is 17.1 Å². The van der Waals surface area contributed by atoms with Crippen LogP contribution >= 0.6 is 0 Å². The second kappa shape index (κ2) is 4.35. The molecular weight excluding hydrogens is 256 g/mol. The Labute approximate surface area is 115 Å². The number of ether oxygens (including phenoxy) is 1. The van der Waals surface area contributed by atoms with Crippen molar-refractivity contribution in [3.05, 3.63) is 30.2 Å². The third kappa shape index (κ3) is 1.94. The van der Waals surface area contributed by atoms with Crippen molar-refractivity contribution in [2.45, 2.75) is 19.4 Å². The summed E-state index contributed by atoms with van der Waals surface area (Å²) in [7, 11) is 1.62. The number of aromatic amines is 2. The van der Waals surface area contributed by atoms with Crippen molar-refractivity contribution in [2.24, 2.45) is 0 Å². The fraction of sp³-hybridized carbons (Fsp3) is 0.286. The van der Waals surface area contributed by atoms with Gasteiger partial charge in [0, 0.05) is 11.6 Å². The van der Waals surface area contributed by atoms with Gasteiger partial charge >= 0.3 is 0 Å². The maximum absolute atomic E-state index is 9.99. The van der Waals surface area contributed by atoms with E-state index in [1.807, 2.05) is 12.3 Å². The van der Waals surface area contributed by atoms with Crippen molar-refractivity contribution in [3.8, 4) is 17.1 Å². The molecule has 0 unspecified atom stereocenters. The van der Waals surface area contributed by atoms with Crippen molar-refractivity contribution in [3.63, 3.8) is 0 Å². The number of aromatic nitrogens is 4. The molecule has 0 aliphatic carbocycles. The van der Waals surface area contributed by atoms with E-state index in [1.165, 1.54) is 0 Å². The highest BCUT2D eigenvalue weighted by Crippen LogP contribution is 2.31. The number of methoxy groups -OCH3 is 1. The number of pyridine rings is 1. The molecule has 3 N–H and O–H groups in total. The van der Waals surface area contributed by atoms with Gasteiger partial charge in [-0.15, -0.1) is 0 Å². The number of hydrogen-bond donors (Lipinski definition) is 3. The number of aliphatic hydroxyl groups is 1. The molecule has 0 saturated carbocycles. The first-order chi connectivity index (χ1) is 9.50. The predicted octanol–water partition coefficient (Wildman–Crippen LogP) is 2.19. The molecule has 3 aromatic rings. The lowest BCUT2D eigenvalue weighted by molar-refractivity contribution is 0.0738. The monoisotopic (exact) mass is 272 g/mol. The number of nitrogens with zero attached hydrogens (tertiary/aromatic N) is 2. The maximum atomic E-state index is 9.99. The number of nitrogens with one attached hydrogen (secondary N) is 2. The van der Waals surface area contributed by atoms with Crippen LogP contribution in [0.3, 0.4) is 0 Å². The summed E-state index contributed by atoms with van der Waals surface area (Å²) in [4.78, 5) is 7.55. The van der Waals surface area contributed by atoms with Crippen LogP contribution in [0.5, 0.6) is 5.75 Å². The second-order valence-corrected chi connectivity index (χ2v) is 5.17. The lowest BCUT2D eigenvalue weighted by Gasteiger charge is -2.13. The van der Waals surface area contributed by atoms with Crippen LogP contribution in [-0.2, 0) is 5.60 Å². The first-order valence-corrected chi connectivity index (χ1v) is 6.29. The van der Waals surface area contributed by atoms with Gasteiger partial charge in [0.2, 0.25) is 0 Å². The fourth-order valence-electron chi connectivity index (χ4n) is 2.14. The highest BCUT2D eigenvalue weighted by molar-refractivity contribution is 5.94. The van der Waals surface area contributed by atoms with Gasteiger partial charge in [0.05, 0.1) is 24.5 Å². The van der Waals surface area contributed by atoms with Crippen LogP contribution in [0.25, 0.3) is 22.3 Å². The minimum Gasteiger partial charge on any atom is -0.494 e. The van der Waals surface area contributed by atoms with Crippen LogP contribution in [0, 0.1) is 0 Å². The van der Waals surface area contributed by atoms with Crippen molar-refractivity contribution < 1.29 is 9.84 Å². The smallest absolute Gasteiger partial charge is 0.146 e. The Morgan fingerprint density at radius 2 is 2.15 bits per heavy atom. The number of H-pyrrole nitrogens is 2. The van der Waals surface area contributed by atoms with Gasteiger partial charge in [-0.05, 0) is 26.0 Å². The Bertz CT molecular complexity index is 752. The summed E-state index contributed by atoms with van der Waals surface area (Å²) < 4.78 is 5.29. The van der Waals surface area contributed by atoms with Crippen LogP contribution in [0.4, 0.5) is 0 Å². The second-order valence-electron chi connectivity index (χ2n) is 5.17. The molecule has 6 nitrogen and oxygen atoms in total. The van der Waals surface area contributed by atoms with Gasteiger partial charge in [0.25, 0.3) is 0 Å². The SMILES string of the molecule is COc1cnc(-c2cc(C(C)(C)O)[nH]n2)c2[nH]ccc12. The predicted molar refractivity (Wildman–Crippen MR) is 75.5 cm³/mol. The molecule has 0 radical (unpaired) electrons. The van der Waals surface area contributed by atoms with Crippen molar-refractivity contribution in [2.75, 3.05) is 7.11 Å². The van der Waals surface area contributed by atoms with E-state index < -0.39 is 5.60 Å². The van der Waals surface area contributed by atoms with Crippen LogP contribution in [0.2, 0.25) is 0 Å². The van der Waals surface area contributed by atoms with Crippen LogP contribution in [0.1, 0.15) is 19.5 Å². The Hall–Kier alpha value is -2.34. The van der Waals surface area contributed by atoms with E-state index >= 15 is 0 Å². The van der Waals surface area contributed by atoms with Gasteiger partial charge in [0.1, 0.15) is 22.7 Å². The molecule has 3 heterocycles. The molecule has 6 heteroatoms. The average molecular weight is 272 g/mol. The van der Waals surface area contributed by atoms with Gasteiger partial charge in [-0.2, -0.15) is 5.10 Å². The quantitative estimate of drug-likeness (QED) is 0.682. The molecule has 3 aromatic heterocycles. The van der Waals surface area contributed by atoms with Gasteiger partial charge in [-0.3, -0.25) is 5.10 Å². The molecule has 0 atom stereocenters. The van der Waals surface area contributed by atoms with E-state index in [0.717, 1.165) is 16.6 Å². The highest BCUT2D eigenvalue weighted by Gasteiger charge is 2.21. The zero-order valence-electron chi connectivity index (χ0n) is 11.6. The Morgan fingerprint density at radius 3 is 2.80 bits per heavy atom. The molecule has 0 aliphatic rings. The van der Waals surface area contributed by atoms with Crippen molar-refractivity contribution in [1.29, 1.82) is 0 Å². The lowest BCUT2D eigenvalue weighted by Crippen LogP contribution is -2.15. The Balaban J connectivity index is 2.15. The summed E-state index contributed by atoms with van der Waals surface area (Å²) in [6.45, 7) is 3.41. The van der Waals surface area contributed by atoms with Crippen molar-refractivity contribution >= 4 is 10.9 Å². The molecular formula is C14H16N4O2. The number of fused-ring (bicyclic) bond motifs is 1. The topological polar surface area (TPSA) is 86.8 Å². The molecule has 0 aliphatic heterocycles. The first kappa shape index (κ1) is 12.7. The molecule has 0 spiro atoms. The summed E-state index contributed by atoms with van der Waals surface area (Å²) in [6.07, 6.45) is 3.51. The zero-order chi connectivity index (χ0) is 14.3. The van der Waals surface area contributed by atoms with Crippen molar-refractivity contribution in [1.82, 2.24) is 20.2 Å². The fourth-order valence-corrected chi connectivity index (χ4v) is 2.14. The summed E-state index contributed by atoms with van der Waals surface area (Å²) >= 11 is 0.